The standard InChI is InChI=1S/C32H27FN4O3/c1-22-8-6-7-11-28(22)40-29-20-34-37(27-18-14-25(33)15-19-27)32(39)30(29)35-26-16-12-24(13-17-26)31(38)36(2)21-23-9-4-3-5-10-23/h3-20,35H,21H2,1-2H3. The van der Waals surface area contributed by atoms with Gasteiger partial charge in [-0.25, -0.2) is 4.39 Å². The van der Waals surface area contributed by atoms with Crippen molar-refractivity contribution in [2.24, 2.45) is 0 Å². The minimum absolute atomic E-state index is 0.124. The largest absolute Gasteiger partial charge is 0.453 e. The lowest BCUT2D eigenvalue weighted by Crippen LogP contribution is -2.26. The molecule has 4 aromatic carbocycles. The van der Waals surface area contributed by atoms with Gasteiger partial charge in [0.1, 0.15) is 11.6 Å². The molecule has 40 heavy (non-hydrogen) atoms. The van der Waals surface area contributed by atoms with E-state index in [1.807, 2.05) is 55.5 Å². The maximum atomic E-state index is 13.6. The van der Waals surface area contributed by atoms with Crippen LogP contribution in [0.4, 0.5) is 15.8 Å². The molecule has 0 atom stereocenters. The number of nitrogens with one attached hydrogen (secondary N) is 1. The zero-order chi connectivity index (χ0) is 28.1. The number of amides is 1. The summed E-state index contributed by atoms with van der Waals surface area (Å²) in [5.41, 5.74) is 3.07. The van der Waals surface area contributed by atoms with Crippen LogP contribution < -0.4 is 15.6 Å². The SMILES string of the molecule is Cc1ccccc1Oc1cnn(-c2ccc(F)cc2)c(=O)c1Nc1ccc(C(=O)N(C)Cc2ccccc2)cc1. The number of aryl methyl sites for hydroxylation is 1. The van der Waals surface area contributed by atoms with E-state index in [4.69, 9.17) is 4.74 Å². The first kappa shape index (κ1) is 26.4. The van der Waals surface area contributed by atoms with E-state index >= 15 is 0 Å². The molecule has 0 aliphatic rings. The van der Waals surface area contributed by atoms with Crippen molar-refractivity contribution in [1.29, 1.82) is 0 Å². The number of ether oxygens (including phenoxy) is 1. The number of nitrogens with zero attached hydrogens (tertiary/aromatic N) is 3. The van der Waals surface area contributed by atoms with E-state index in [-0.39, 0.29) is 17.3 Å². The van der Waals surface area contributed by atoms with Crippen LogP contribution in [0.5, 0.6) is 11.5 Å². The average molecular weight is 535 g/mol. The van der Waals surface area contributed by atoms with Gasteiger partial charge in [-0.15, -0.1) is 0 Å². The molecular weight excluding hydrogens is 507 g/mol. The van der Waals surface area contributed by atoms with Crippen LogP contribution in [0.25, 0.3) is 5.69 Å². The molecule has 1 aromatic heterocycles. The Hall–Kier alpha value is -5.24. The van der Waals surface area contributed by atoms with Crippen LogP contribution in [-0.4, -0.2) is 27.6 Å². The smallest absolute Gasteiger partial charge is 0.299 e. The summed E-state index contributed by atoms with van der Waals surface area (Å²) in [5, 5.41) is 7.40. The normalized spacial score (nSPS) is 10.7. The van der Waals surface area contributed by atoms with Crippen LogP contribution in [0.3, 0.4) is 0 Å². The van der Waals surface area contributed by atoms with E-state index in [2.05, 4.69) is 10.4 Å². The van der Waals surface area contributed by atoms with Crippen molar-refractivity contribution in [1.82, 2.24) is 14.7 Å². The number of halogens is 1. The first-order valence-electron chi connectivity index (χ1n) is 12.7. The second kappa shape index (κ2) is 11.7. The van der Waals surface area contributed by atoms with Crippen molar-refractivity contribution in [2.45, 2.75) is 13.5 Å². The second-order valence-electron chi connectivity index (χ2n) is 9.29. The van der Waals surface area contributed by atoms with Gasteiger partial charge < -0.3 is 15.0 Å². The summed E-state index contributed by atoms with van der Waals surface area (Å²) < 4.78 is 20.8. The molecule has 0 aliphatic carbocycles. The number of rotatable bonds is 8. The third-order valence-corrected chi connectivity index (χ3v) is 6.34. The molecule has 0 spiro atoms. The first-order chi connectivity index (χ1) is 19.4. The number of carbonyl (C=O) groups excluding carboxylic acids is 1. The molecule has 0 radical (unpaired) electrons. The molecule has 0 fully saturated rings. The molecule has 5 rings (SSSR count). The summed E-state index contributed by atoms with van der Waals surface area (Å²) >= 11 is 0. The molecule has 1 N–H and O–H groups in total. The average Bonchev–Trinajstić information content (AvgIpc) is 2.97. The Morgan fingerprint density at radius 3 is 2.27 bits per heavy atom. The predicted octanol–water partition coefficient (Wildman–Crippen LogP) is 6.49. The third kappa shape index (κ3) is 5.91. The third-order valence-electron chi connectivity index (χ3n) is 6.34. The van der Waals surface area contributed by atoms with Crippen molar-refractivity contribution >= 4 is 17.3 Å². The summed E-state index contributed by atoms with van der Waals surface area (Å²) in [6.07, 6.45) is 1.44. The molecule has 0 bridgehead atoms. The second-order valence-corrected chi connectivity index (χ2v) is 9.29. The maximum absolute atomic E-state index is 13.6. The zero-order valence-electron chi connectivity index (χ0n) is 22.0. The molecule has 0 saturated heterocycles. The van der Waals surface area contributed by atoms with Gasteiger partial charge in [0, 0.05) is 24.8 Å². The van der Waals surface area contributed by atoms with Crippen molar-refractivity contribution in [3.63, 3.8) is 0 Å². The van der Waals surface area contributed by atoms with Crippen molar-refractivity contribution in [3.8, 4) is 17.2 Å². The fraction of sp³-hybridized carbons (Fsp3) is 0.0938. The highest BCUT2D eigenvalue weighted by molar-refractivity contribution is 5.94. The van der Waals surface area contributed by atoms with Gasteiger partial charge in [0.25, 0.3) is 11.5 Å². The fourth-order valence-electron chi connectivity index (χ4n) is 4.18. The van der Waals surface area contributed by atoms with Crippen LogP contribution in [0, 0.1) is 12.7 Å². The molecule has 200 valence electrons. The van der Waals surface area contributed by atoms with E-state index in [1.165, 1.54) is 35.1 Å². The van der Waals surface area contributed by atoms with Gasteiger partial charge in [-0.2, -0.15) is 9.78 Å². The molecule has 7 nitrogen and oxygen atoms in total. The van der Waals surface area contributed by atoms with E-state index < -0.39 is 11.4 Å². The monoisotopic (exact) mass is 534 g/mol. The van der Waals surface area contributed by atoms with Gasteiger partial charge in [-0.05, 0) is 72.6 Å². The van der Waals surface area contributed by atoms with Crippen molar-refractivity contribution in [2.75, 3.05) is 12.4 Å². The fourth-order valence-corrected chi connectivity index (χ4v) is 4.18. The Labute approximate surface area is 231 Å². The van der Waals surface area contributed by atoms with Gasteiger partial charge in [0.05, 0.1) is 11.9 Å². The van der Waals surface area contributed by atoms with Gasteiger partial charge >= 0.3 is 0 Å². The molecule has 0 aliphatic heterocycles. The van der Waals surface area contributed by atoms with Crippen molar-refractivity contribution < 1.29 is 13.9 Å². The van der Waals surface area contributed by atoms with Gasteiger partial charge in [0.2, 0.25) is 0 Å². The number of para-hydroxylation sites is 1. The highest BCUT2D eigenvalue weighted by atomic mass is 19.1. The number of benzene rings is 4. The summed E-state index contributed by atoms with van der Waals surface area (Å²) in [5.74, 6) is 0.259. The Morgan fingerprint density at radius 1 is 0.900 bits per heavy atom. The molecule has 1 amide bonds. The molecule has 1 heterocycles. The van der Waals surface area contributed by atoms with Gasteiger partial charge in [-0.3, -0.25) is 9.59 Å². The number of carbonyl (C=O) groups is 1. The predicted molar refractivity (Wildman–Crippen MR) is 153 cm³/mol. The van der Waals surface area contributed by atoms with Crippen LogP contribution in [0.15, 0.2) is 114 Å². The highest BCUT2D eigenvalue weighted by Gasteiger charge is 2.17. The molecular formula is C32H27FN4O3. The van der Waals surface area contributed by atoms with Crippen LogP contribution in [0.1, 0.15) is 21.5 Å². The summed E-state index contributed by atoms with van der Waals surface area (Å²) in [6.45, 7) is 2.39. The maximum Gasteiger partial charge on any atom is 0.299 e. The number of hydrogen-bond acceptors (Lipinski definition) is 5. The first-order valence-corrected chi connectivity index (χ1v) is 12.7. The highest BCUT2D eigenvalue weighted by Crippen LogP contribution is 2.30. The molecule has 5 aromatic rings. The van der Waals surface area contributed by atoms with Crippen LogP contribution in [-0.2, 0) is 6.54 Å². The van der Waals surface area contributed by atoms with Gasteiger partial charge in [0.15, 0.2) is 11.4 Å². The summed E-state index contributed by atoms with van der Waals surface area (Å²) in [6, 6.07) is 29.5. The molecule has 0 unspecified atom stereocenters. The minimum atomic E-state index is -0.486. The Bertz CT molecular complexity index is 1690. The summed E-state index contributed by atoms with van der Waals surface area (Å²) in [4.78, 5) is 28.2. The van der Waals surface area contributed by atoms with E-state index in [0.29, 0.717) is 29.2 Å². The van der Waals surface area contributed by atoms with E-state index in [1.54, 1.807) is 42.3 Å². The van der Waals surface area contributed by atoms with E-state index in [0.717, 1.165) is 11.1 Å². The zero-order valence-corrected chi connectivity index (χ0v) is 22.0. The lowest BCUT2D eigenvalue weighted by Gasteiger charge is -2.18. The lowest BCUT2D eigenvalue weighted by atomic mass is 10.1. The molecule has 8 heteroatoms. The Morgan fingerprint density at radius 2 is 1.57 bits per heavy atom. The Balaban J connectivity index is 1.44. The topological polar surface area (TPSA) is 76.5 Å². The summed E-state index contributed by atoms with van der Waals surface area (Å²) in [7, 11) is 1.76. The quantitative estimate of drug-likeness (QED) is 0.246. The number of anilines is 2. The van der Waals surface area contributed by atoms with Crippen LogP contribution >= 0.6 is 0 Å². The van der Waals surface area contributed by atoms with Crippen LogP contribution in [0.2, 0.25) is 0 Å². The van der Waals surface area contributed by atoms with E-state index in [9.17, 15) is 14.0 Å². The van der Waals surface area contributed by atoms with Gasteiger partial charge in [-0.1, -0.05) is 48.5 Å². The Kier molecular flexibility index (Phi) is 7.68. The molecule has 0 saturated carbocycles. The number of aromatic nitrogens is 2. The van der Waals surface area contributed by atoms with Crippen molar-refractivity contribution in [3.05, 3.63) is 142 Å². The number of hydrogen-bond donors (Lipinski definition) is 1. The minimum Gasteiger partial charge on any atom is -0.453 e. The lowest BCUT2D eigenvalue weighted by molar-refractivity contribution is 0.0785.